The van der Waals surface area contributed by atoms with Crippen LogP contribution in [0.4, 0.5) is 11.4 Å². The molecule has 144 valence electrons. The van der Waals surface area contributed by atoms with Gasteiger partial charge in [0.1, 0.15) is 5.15 Å². The molecule has 1 aromatic carbocycles. The molecule has 1 saturated heterocycles. The van der Waals surface area contributed by atoms with Crippen molar-refractivity contribution in [1.29, 1.82) is 0 Å². The number of anilines is 2. The van der Waals surface area contributed by atoms with Crippen LogP contribution in [0.3, 0.4) is 0 Å². The number of hydrogen-bond donors (Lipinski definition) is 1. The maximum atomic E-state index is 12.3. The van der Waals surface area contributed by atoms with Gasteiger partial charge in [0.2, 0.25) is 15.9 Å². The van der Waals surface area contributed by atoms with Gasteiger partial charge < -0.3 is 5.32 Å². The Bertz CT molecular complexity index is 1030. The Kier molecular flexibility index (Phi) is 5.50. The van der Waals surface area contributed by atoms with E-state index in [1.54, 1.807) is 38.2 Å². The van der Waals surface area contributed by atoms with E-state index in [9.17, 15) is 13.2 Å². The lowest BCUT2D eigenvalue weighted by Gasteiger charge is -2.18. The number of halogens is 2. The van der Waals surface area contributed by atoms with Crippen molar-refractivity contribution in [2.75, 3.05) is 21.9 Å². The van der Waals surface area contributed by atoms with Crippen LogP contribution in [0.15, 0.2) is 24.3 Å². The van der Waals surface area contributed by atoms with Gasteiger partial charge in [0.25, 0.3) is 0 Å². The topological polar surface area (TPSA) is 84.3 Å². The van der Waals surface area contributed by atoms with E-state index in [4.69, 9.17) is 23.2 Å². The fraction of sp³-hybridized carbons (Fsp3) is 0.294. The van der Waals surface area contributed by atoms with Crippen LogP contribution in [-0.4, -0.2) is 36.4 Å². The fourth-order valence-electron chi connectivity index (χ4n) is 2.86. The summed E-state index contributed by atoms with van der Waals surface area (Å²) in [7, 11) is -1.60. The monoisotopic (exact) mass is 428 g/mol. The lowest BCUT2D eigenvalue weighted by Crippen LogP contribution is -2.25. The van der Waals surface area contributed by atoms with Gasteiger partial charge in [-0.25, -0.2) is 8.42 Å². The van der Waals surface area contributed by atoms with Gasteiger partial charge in [-0.05, 0) is 37.6 Å². The summed E-state index contributed by atoms with van der Waals surface area (Å²) >= 11 is 12.3. The lowest BCUT2D eigenvalue weighted by molar-refractivity contribution is -0.111. The van der Waals surface area contributed by atoms with Gasteiger partial charge in [0.05, 0.1) is 27.8 Å². The molecule has 0 aliphatic carbocycles. The third kappa shape index (κ3) is 4.12. The van der Waals surface area contributed by atoms with Crippen LogP contribution in [0.25, 0.3) is 6.08 Å². The van der Waals surface area contributed by atoms with Gasteiger partial charge in [-0.3, -0.25) is 13.8 Å². The minimum Gasteiger partial charge on any atom is -0.321 e. The molecule has 2 heterocycles. The molecule has 1 aliphatic heterocycles. The van der Waals surface area contributed by atoms with Gasteiger partial charge >= 0.3 is 0 Å². The Labute approximate surface area is 167 Å². The van der Waals surface area contributed by atoms with Crippen LogP contribution in [0, 0.1) is 6.92 Å². The zero-order valence-electron chi connectivity index (χ0n) is 14.7. The predicted octanol–water partition coefficient (Wildman–Crippen LogP) is 3.23. The van der Waals surface area contributed by atoms with E-state index in [2.05, 4.69) is 10.4 Å². The smallest absolute Gasteiger partial charge is 0.248 e. The Morgan fingerprint density at radius 1 is 1.33 bits per heavy atom. The van der Waals surface area contributed by atoms with E-state index in [1.165, 1.54) is 15.1 Å². The number of rotatable bonds is 4. The SMILES string of the molecule is Cc1nn(C)c(Cl)c1/C=C/C(=O)Nc1cc(N2CCCS2(=O)=O)ccc1Cl. The number of aryl methyl sites for hydroxylation is 2. The molecular weight excluding hydrogens is 411 g/mol. The average molecular weight is 429 g/mol. The standard InChI is InChI=1S/C17H18Cl2N4O3S/c1-11-13(17(19)22(2)21-11)5-7-16(24)20-15-10-12(4-6-14(15)18)23-8-3-9-27(23,25)26/h4-7,10H,3,8-9H2,1-2H3,(H,20,24)/b7-5+. The molecule has 3 rings (SSSR count). The zero-order valence-corrected chi connectivity index (χ0v) is 17.1. The van der Waals surface area contributed by atoms with Gasteiger partial charge in [-0.15, -0.1) is 0 Å². The summed E-state index contributed by atoms with van der Waals surface area (Å²) in [5, 5.41) is 7.58. The van der Waals surface area contributed by atoms with Crippen molar-refractivity contribution >= 4 is 56.6 Å². The Morgan fingerprint density at radius 2 is 2.07 bits per heavy atom. The highest BCUT2D eigenvalue weighted by atomic mass is 35.5. The van der Waals surface area contributed by atoms with Crippen LogP contribution in [0.1, 0.15) is 17.7 Å². The van der Waals surface area contributed by atoms with Crippen molar-refractivity contribution in [3.63, 3.8) is 0 Å². The number of amides is 1. The van der Waals surface area contributed by atoms with Crippen molar-refractivity contribution in [3.8, 4) is 0 Å². The summed E-state index contributed by atoms with van der Waals surface area (Å²) in [6.07, 6.45) is 3.47. The van der Waals surface area contributed by atoms with Crippen LogP contribution in [0.2, 0.25) is 10.2 Å². The Morgan fingerprint density at radius 3 is 2.67 bits per heavy atom. The summed E-state index contributed by atoms with van der Waals surface area (Å²) in [6, 6.07) is 4.74. The summed E-state index contributed by atoms with van der Waals surface area (Å²) < 4.78 is 27.0. The molecule has 1 aliphatic rings. The first-order valence-corrected chi connectivity index (χ1v) is 10.5. The minimum absolute atomic E-state index is 0.116. The average Bonchev–Trinajstić information content (AvgIpc) is 3.06. The van der Waals surface area contributed by atoms with Crippen molar-refractivity contribution in [2.45, 2.75) is 13.3 Å². The van der Waals surface area contributed by atoms with Crippen molar-refractivity contribution in [1.82, 2.24) is 9.78 Å². The molecule has 0 saturated carbocycles. The van der Waals surface area contributed by atoms with E-state index in [0.29, 0.717) is 45.8 Å². The van der Waals surface area contributed by atoms with Crippen molar-refractivity contribution < 1.29 is 13.2 Å². The summed E-state index contributed by atoms with van der Waals surface area (Å²) in [5.41, 5.74) is 2.16. The molecule has 1 aromatic heterocycles. The molecule has 27 heavy (non-hydrogen) atoms. The molecular formula is C17H18Cl2N4O3S. The number of nitrogens with one attached hydrogen (secondary N) is 1. The van der Waals surface area contributed by atoms with Gasteiger partial charge in [-0.1, -0.05) is 23.2 Å². The van der Waals surface area contributed by atoms with Gasteiger partial charge in [0.15, 0.2) is 0 Å². The zero-order chi connectivity index (χ0) is 19.8. The van der Waals surface area contributed by atoms with Gasteiger partial charge in [0, 0.05) is 25.2 Å². The number of benzene rings is 1. The molecule has 10 heteroatoms. The van der Waals surface area contributed by atoms with Crippen LogP contribution < -0.4 is 9.62 Å². The molecule has 2 aromatic rings. The molecule has 0 radical (unpaired) electrons. The Hall–Kier alpha value is -2.03. The number of sulfonamides is 1. The number of hydrogen-bond acceptors (Lipinski definition) is 4. The third-order valence-electron chi connectivity index (χ3n) is 4.19. The van der Waals surface area contributed by atoms with E-state index in [1.807, 2.05) is 0 Å². The van der Waals surface area contributed by atoms with E-state index in [0.717, 1.165) is 0 Å². The fourth-order valence-corrected chi connectivity index (χ4v) is 4.82. The van der Waals surface area contributed by atoms with E-state index < -0.39 is 15.9 Å². The third-order valence-corrected chi connectivity index (χ3v) is 6.84. The second-order valence-electron chi connectivity index (χ2n) is 6.14. The quantitative estimate of drug-likeness (QED) is 0.757. The molecule has 1 N–H and O–H groups in total. The summed E-state index contributed by atoms with van der Waals surface area (Å²) in [5.74, 6) is -0.302. The van der Waals surface area contributed by atoms with Crippen LogP contribution >= 0.6 is 23.2 Å². The highest BCUT2D eigenvalue weighted by Crippen LogP contribution is 2.31. The van der Waals surface area contributed by atoms with Crippen molar-refractivity contribution in [2.24, 2.45) is 7.05 Å². The van der Waals surface area contributed by atoms with Crippen LogP contribution in [-0.2, 0) is 21.9 Å². The van der Waals surface area contributed by atoms with E-state index >= 15 is 0 Å². The molecule has 0 unspecified atom stereocenters. The van der Waals surface area contributed by atoms with Crippen molar-refractivity contribution in [3.05, 3.63) is 45.7 Å². The largest absolute Gasteiger partial charge is 0.321 e. The minimum atomic E-state index is -3.31. The number of nitrogens with zero attached hydrogens (tertiary/aromatic N) is 3. The molecule has 7 nitrogen and oxygen atoms in total. The molecule has 0 bridgehead atoms. The molecule has 0 spiro atoms. The highest BCUT2D eigenvalue weighted by Gasteiger charge is 2.28. The lowest BCUT2D eigenvalue weighted by atomic mass is 10.2. The maximum absolute atomic E-state index is 12.3. The maximum Gasteiger partial charge on any atom is 0.248 e. The van der Waals surface area contributed by atoms with Crippen LogP contribution in [0.5, 0.6) is 0 Å². The molecule has 1 fully saturated rings. The summed E-state index contributed by atoms with van der Waals surface area (Å²) in [4.78, 5) is 12.3. The van der Waals surface area contributed by atoms with E-state index in [-0.39, 0.29) is 5.75 Å². The predicted molar refractivity (Wildman–Crippen MR) is 108 cm³/mol. The highest BCUT2D eigenvalue weighted by molar-refractivity contribution is 7.93. The normalized spacial score (nSPS) is 16.2. The second-order valence-corrected chi connectivity index (χ2v) is 8.92. The molecule has 0 atom stereocenters. The first-order chi connectivity index (χ1) is 12.7. The summed E-state index contributed by atoms with van der Waals surface area (Å²) in [6.45, 7) is 2.20. The number of carbonyl (C=O) groups is 1. The first-order valence-electron chi connectivity index (χ1n) is 8.17. The van der Waals surface area contributed by atoms with Gasteiger partial charge in [-0.2, -0.15) is 5.10 Å². The number of aromatic nitrogens is 2. The second kappa shape index (κ2) is 7.53. The first kappa shape index (κ1) is 19.7. The Balaban J connectivity index is 1.80. The number of carbonyl (C=O) groups excluding carboxylic acids is 1. The molecule has 1 amide bonds.